The van der Waals surface area contributed by atoms with Gasteiger partial charge in [0.2, 0.25) is 6.54 Å². The summed E-state index contributed by atoms with van der Waals surface area (Å²) in [4.78, 5) is 10.6. The van der Waals surface area contributed by atoms with Crippen molar-refractivity contribution in [2.45, 2.75) is 5.92 Å². The number of nitrogens with zero attached hydrogens (tertiary/aromatic N) is 1. The van der Waals surface area contributed by atoms with Gasteiger partial charge in [0, 0.05) is 9.40 Å². The van der Waals surface area contributed by atoms with Gasteiger partial charge in [0.25, 0.3) is 0 Å². The molecular weight excluding hydrogens is 294 g/mol. The number of nitro groups is 1. The smallest absolute Gasteiger partial charge is 0.214 e. The van der Waals surface area contributed by atoms with E-state index in [1.54, 1.807) is 0 Å². The molecule has 3 nitrogen and oxygen atoms in total. The van der Waals surface area contributed by atoms with E-state index in [4.69, 9.17) is 0 Å². The quantitative estimate of drug-likeness (QED) is 0.636. The number of halogens is 1. The lowest BCUT2D eigenvalue weighted by molar-refractivity contribution is -0.481. The fourth-order valence-electron chi connectivity index (χ4n) is 1.93. The first kappa shape index (κ1) is 12.8. The van der Waals surface area contributed by atoms with Gasteiger partial charge in [0.05, 0.1) is 5.92 Å². The first-order chi connectivity index (χ1) is 8.66. The van der Waals surface area contributed by atoms with Crippen molar-refractivity contribution in [1.29, 1.82) is 0 Å². The molecule has 0 aliphatic heterocycles. The van der Waals surface area contributed by atoms with Crippen LogP contribution in [0.15, 0.2) is 59.1 Å². The van der Waals surface area contributed by atoms with Crippen LogP contribution in [0.3, 0.4) is 0 Å². The number of benzene rings is 2. The van der Waals surface area contributed by atoms with Gasteiger partial charge in [-0.15, -0.1) is 0 Å². The zero-order valence-electron chi connectivity index (χ0n) is 9.62. The van der Waals surface area contributed by atoms with Crippen LogP contribution in [0.5, 0.6) is 0 Å². The highest BCUT2D eigenvalue weighted by Gasteiger charge is 2.19. The van der Waals surface area contributed by atoms with E-state index in [2.05, 4.69) is 15.9 Å². The van der Waals surface area contributed by atoms with Crippen LogP contribution in [-0.2, 0) is 0 Å². The molecular formula is C14H12BrNO2. The molecule has 0 heterocycles. The first-order valence-electron chi connectivity index (χ1n) is 5.59. The Balaban J connectivity index is 2.36. The molecule has 0 amide bonds. The van der Waals surface area contributed by atoms with Crippen molar-refractivity contribution in [3.8, 4) is 0 Å². The molecule has 0 radical (unpaired) electrons. The molecule has 0 N–H and O–H groups in total. The van der Waals surface area contributed by atoms with Crippen LogP contribution in [0.4, 0.5) is 0 Å². The van der Waals surface area contributed by atoms with Crippen LogP contribution < -0.4 is 0 Å². The molecule has 92 valence electrons. The SMILES string of the molecule is O=[N+]([O-])C[C@H](c1ccccc1)c1ccc(Br)cc1. The topological polar surface area (TPSA) is 43.1 Å². The Bertz CT molecular complexity index is 525. The minimum atomic E-state index is -0.264. The van der Waals surface area contributed by atoms with Crippen LogP contribution >= 0.6 is 15.9 Å². The molecule has 0 bridgehead atoms. The predicted molar refractivity (Wildman–Crippen MR) is 74.3 cm³/mol. The van der Waals surface area contributed by atoms with Gasteiger partial charge in [-0.05, 0) is 23.3 Å². The summed E-state index contributed by atoms with van der Waals surface area (Å²) < 4.78 is 0.971. The highest BCUT2D eigenvalue weighted by molar-refractivity contribution is 9.10. The maximum atomic E-state index is 10.8. The van der Waals surface area contributed by atoms with E-state index in [9.17, 15) is 10.1 Å². The second kappa shape index (κ2) is 5.78. The van der Waals surface area contributed by atoms with Crippen LogP contribution in [0, 0.1) is 10.1 Å². The third kappa shape index (κ3) is 3.17. The number of rotatable bonds is 4. The largest absolute Gasteiger partial charge is 0.265 e. The zero-order valence-corrected chi connectivity index (χ0v) is 11.2. The summed E-state index contributed by atoms with van der Waals surface area (Å²) in [5.41, 5.74) is 1.93. The molecule has 2 aromatic carbocycles. The Morgan fingerprint density at radius 2 is 1.56 bits per heavy atom. The molecule has 0 saturated carbocycles. The predicted octanol–water partition coefficient (Wildman–Crippen LogP) is 3.86. The van der Waals surface area contributed by atoms with Gasteiger partial charge in [-0.3, -0.25) is 10.1 Å². The van der Waals surface area contributed by atoms with Crippen molar-refractivity contribution >= 4 is 15.9 Å². The highest BCUT2D eigenvalue weighted by Crippen LogP contribution is 2.26. The minimum absolute atomic E-state index is 0.0916. The fourth-order valence-corrected chi connectivity index (χ4v) is 2.20. The second-order valence-corrected chi connectivity index (χ2v) is 4.95. The molecule has 0 aliphatic rings. The van der Waals surface area contributed by atoms with E-state index in [0.717, 1.165) is 15.6 Å². The lowest BCUT2D eigenvalue weighted by Crippen LogP contribution is -2.13. The van der Waals surface area contributed by atoms with Crippen molar-refractivity contribution in [2.75, 3.05) is 6.54 Å². The number of hydrogen-bond donors (Lipinski definition) is 0. The van der Waals surface area contributed by atoms with E-state index in [1.807, 2.05) is 54.6 Å². The fraction of sp³-hybridized carbons (Fsp3) is 0.143. The Morgan fingerprint density at radius 3 is 2.11 bits per heavy atom. The normalized spacial score (nSPS) is 12.1. The lowest BCUT2D eigenvalue weighted by Gasteiger charge is -2.13. The Labute approximate surface area is 114 Å². The molecule has 0 unspecified atom stereocenters. The highest BCUT2D eigenvalue weighted by atomic mass is 79.9. The van der Waals surface area contributed by atoms with Crippen molar-refractivity contribution in [1.82, 2.24) is 0 Å². The molecule has 0 aliphatic carbocycles. The standard InChI is InChI=1S/C14H12BrNO2/c15-13-8-6-12(7-9-13)14(10-16(17)18)11-4-2-1-3-5-11/h1-9,14H,10H2/t14-/m1/s1. The van der Waals surface area contributed by atoms with Crippen molar-refractivity contribution in [3.63, 3.8) is 0 Å². The van der Waals surface area contributed by atoms with Gasteiger partial charge >= 0.3 is 0 Å². The summed E-state index contributed by atoms with van der Waals surface area (Å²) in [6, 6.07) is 17.2. The summed E-state index contributed by atoms with van der Waals surface area (Å²) in [7, 11) is 0. The van der Waals surface area contributed by atoms with E-state index in [0.29, 0.717) is 0 Å². The summed E-state index contributed by atoms with van der Waals surface area (Å²) in [6.45, 7) is -0.0916. The molecule has 18 heavy (non-hydrogen) atoms. The molecule has 0 fully saturated rings. The number of hydrogen-bond acceptors (Lipinski definition) is 2. The van der Waals surface area contributed by atoms with Gasteiger partial charge in [-0.2, -0.15) is 0 Å². The summed E-state index contributed by atoms with van der Waals surface area (Å²) >= 11 is 3.37. The molecule has 2 aromatic rings. The van der Waals surface area contributed by atoms with E-state index >= 15 is 0 Å². The van der Waals surface area contributed by atoms with E-state index < -0.39 is 0 Å². The van der Waals surface area contributed by atoms with Crippen molar-refractivity contribution in [3.05, 3.63) is 80.3 Å². The van der Waals surface area contributed by atoms with Crippen LogP contribution in [0.25, 0.3) is 0 Å². The minimum Gasteiger partial charge on any atom is -0.265 e. The molecule has 0 spiro atoms. The Morgan fingerprint density at radius 1 is 1.00 bits per heavy atom. The van der Waals surface area contributed by atoms with Gasteiger partial charge in [0.1, 0.15) is 0 Å². The maximum absolute atomic E-state index is 10.8. The van der Waals surface area contributed by atoms with Gasteiger partial charge < -0.3 is 0 Å². The summed E-state index contributed by atoms with van der Waals surface area (Å²) in [5, 5.41) is 10.8. The first-order valence-corrected chi connectivity index (χ1v) is 6.38. The molecule has 1 atom stereocenters. The van der Waals surface area contributed by atoms with E-state index in [1.165, 1.54) is 0 Å². The Kier molecular flexibility index (Phi) is 4.10. The molecule has 0 aromatic heterocycles. The third-order valence-corrected chi connectivity index (χ3v) is 3.33. The molecule has 2 rings (SSSR count). The van der Waals surface area contributed by atoms with Crippen LogP contribution in [0.1, 0.15) is 17.0 Å². The van der Waals surface area contributed by atoms with Crippen molar-refractivity contribution < 1.29 is 4.92 Å². The summed E-state index contributed by atoms with van der Waals surface area (Å²) in [6.07, 6.45) is 0. The van der Waals surface area contributed by atoms with Gasteiger partial charge in [0.15, 0.2) is 0 Å². The maximum Gasteiger partial charge on any atom is 0.214 e. The van der Waals surface area contributed by atoms with Gasteiger partial charge in [-0.25, -0.2) is 0 Å². The zero-order chi connectivity index (χ0) is 13.0. The average Bonchev–Trinajstić information content (AvgIpc) is 2.38. The average molecular weight is 306 g/mol. The van der Waals surface area contributed by atoms with Crippen LogP contribution in [0.2, 0.25) is 0 Å². The lowest BCUT2D eigenvalue weighted by atomic mass is 9.91. The third-order valence-electron chi connectivity index (χ3n) is 2.81. The van der Waals surface area contributed by atoms with Gasteiger partial charge in [-0.1, -0.05) is 58.4 Å². The van der Waals surface area contributed by atoms with E-state index in [-0.39, 0.29) is 17.4 Å². The van der Waals surface area contributed by atoms with Crippen molar-refractivity contribution in [2.24, 2.45) is 0 Å². The monoisotopic (exact) mass is 305 g/mol. The Hall–Kier alpha value is -1.68. The second-order valence-electron chi connectivity index (χ2n) is 4.03. The summed E-state index contributed by atoms with van der Waals surface area (Å²) in [5.74, 6) is -0.200. The molecule has 4 heteroatoms. The van der Waals surface area contributed by atoms with Crippen LogP contribution in [-0.4, -0.2) is 11.5 Å². The molecule has 0 saturated heterocycles.